The van der Waals surface area contributed by atoms with E-state index >= 15 is 0 Å². The number of nitrogens with one attached hydrogen (secondary N) is 2. The lowest BCUT2D eigenvalue weighted by Crippen LogP contribution is -2.37. The highest BCUT2D eigenvalue weighted by atomic mass is 35.5. The third-order valence-electron chi connectivity index (χ3n) is 10.1. The van der Waals surface area contributed by atoms with Gasteiger partial charge in [-0.05, 0) is 83.8 Å². The van der Waals surface area contributed by atoms with Crippen LogP contribution in [0.2, 0.25) is 10.0 Å². The second-order valence-corrected chi connectivity index (χ2v) is 14.1. The maximum absolute atomic E-state index is 14.7. The summed E-state index contributed by atoms with van der Waals surface area (Å²) < 4.78 is 0. The van der Waals surface area contributed by atoms with E-state index in [1.54, 1.807) is 12.3 Å². The number of hydrogen-bond acceptors (Lipinski definition) is 5. The van der Waals surface area contributed by atoms with Crippen LogP contribution >= 0.6 is 23.2 Å². The monoisotopic (exact) mass is 703 g/mol. The number of amides is 1. The van der Waals surface area contributed by atoms with E-state index in [0.717, 1.165) is 50.8 Å². The van der Waals surface area contributed by atoms with Crippen LogP contribution < -0.4 is 10.2 Å². The molecule has 2 aromatic heterocycles. The fourth-order valence-corrected chi connectivity index (χ4v) is 8.17. The molecule has 3 N–H and O–H groups in total. The average molecular weight is 705 g/mol. The zero-order valence-corrected chi connectivity index (χ0v) is 28.9. The van der Waals surface area contributed by atoms with Gasteiger partial charge in [0.1, 0.15) is 5.69 Å². The quantitative estimate of drug-likeness (QED) is 0.163. The molecule has 252 valence electrons. The predicted molar refractivity (Wildman–Crippen MR) is 199 cm³/mol. The average Bonchev–Trinajstić information content (AvgIpc) is 3.41. The third-order valence-corrected chi connectivity index (χ3v) is 10.6. The van der Waals surface area contributed by atoms with E-state index < -0.39 is 5.97 Å². The first-order valence-corrected chi connectivity index (χ1v) is 17.6. The summed E-state index contributed by atoms with van der Waals surface area (Å²) in [4.78, 5) is 38.7. The normalized spacial score (nSPS) is 19.0. The standard InChI is InChI=1S/C40H35Cl2N5O3/c1-23-7-6-18-47-36(25-11-13-27(41)14-12-25)29-21-28(42)22-31-33(29)34(37(47)32(23)24-8-3-2-4-9-24)35(44-31)39(48)45-30-10-5-17-43-38(30)46-19-15-26(16-20-46)40(49)50/h2-6,8-14,17-18,21-23,26,36,44H,7,15-16,19-20H2,1H3,(H,45,48)(H,49,50). The van der Waals surface area contributed by atoms with Crippen LogP contribution in [-0.4, -0.2) is 44.9 Å². The third kappa shape index (κ3) is 5.62. The lowest BCUT2D eigenvalue weighted by molar-refractivity contribution is -0.142. The van der Waals surface area contributed by atoms with E-state index in [2.05, 4.69) is 80.7 Å². The molecule has 3 aliphatic heterocycles. The van der Waals surface area contributed by atoms with Crippen LogP contribution in [0.3, 0.4) is 0 Å². The van der Waals surface area contributed by atoms with Crippen molar-refractivity contribution in [1.29, 1.82) is 0 Å². The first-order valence-electron chi connectivity index (χ1n) is 16.9. The second kappa shape index (κ2) is 13.0. The summed E-state index contributed by atoms with van der Waals surface area (Å²) in [5.41, 5.74) is 7.82. The molecule has 0 saturated carbocycles. The Morgan fingerprint density at radius 3 is 2.46 bits per heavy atom. The van der Waals surface area contributed by atoms with Crippen molar-refractivity contribution >= 4 is 68.8 Å². The number of anilines is 2. The molecule has 8 rings (SSSR count). The highest BCUT2D eigenvalue weighted by molar-refractivity contribution is 6.32. The molecule has 0 aliphatic carbocycles. The largest absolute Gasteiger partial charge is 0.481 e. The summed E-state index contributed by atoms with van der Waals surface area (Å²) >= 11 is 13.2. The number of hydrogen-bond donors (Lipinski definition) is 3. The molecule has 0 bridgehead atoms. The minimum Gasteiger partial charge on any atom is -0.481 e. The summed E-state index contributed by atoms with van der Waals surface area (Å²) in [5.74, 6) is -0.689. The molecule has 1 saturated heterocycles. The fraction of sp³-hybridized carbons (Fsp3) is 0.225. The van der Waals surface area contributed by atoms with Crippen LogP contribution in [0.25, 0.3) is 22.2 Å². The second-order valence-electron chi connectivity index (χ2n) is 13.2. The van der Waals surface area contributed by atoms with Crippen LogP contribution in [0, 0.1) is 11.8 Å². The Morgan fingerprint density at radius 1 is 0.960 bits per heavy atom. The number of allylic oxidation sites excluding steroid dienone is 2. The van der Waals surface area contributed by atoms with Crippen molar-refractivity contribution in [2.24, 2.45) is 11.8 Å². The summed E-state index contributed by atoms with van der Waals surface area (Å²) in [5, 5.41) is 14.9. The highest BCUT2D eigenvalue weighted by Crippen LogP contribution is 2.53. The number of halogens is 2. The zero-order valence-electron chi connectivity index (χ0n) is 27.4. The molecule has 0 spiro atoms. The van der Waals surface area contributed by atoms with Crippen LogP contribution in [0.15, 0.2) is 97.3 Å². The number of pyridine rings is 1. The van der Waals surface area contributed by atoms with E-state index in [1.807, 2.05) is 36.4 Å². The number of aliphatic carboxylic acids is 1. The van der Waals surface area contributed by atoms with E-state index in [4.69, 9.17) is 23.2 Å². The van der Waals surface area contributed by atoms with Gasteiger partial charge in [0, 0.05) is 52.0 Å². The van der Waals surface area contributed by atoms with Gasteiger partial charge in [-0.3, -0.25) is 9.59 Å². The van der Waals surface area contributed by atoms with Gasteiger partial charge in [0.25, 0.3) is 5.91 Å². The number of aromatic amines is 1. The van der Waals surface area contributed by atoms with E-state index in [-0.39, 0.29) is 23.8 Å². The molecule has 2 atom stereocenters. The van der Waals surface area contributed by atoms with Crippen LogP contribution in [0.5, 0.6) is 0 Å². The van der Waals surface area contributed by atoms with Gasteiger partial charge in [0.2, 0.25) is 0 Å². The summed E-state index contributed by atoms with van der Waals surface area (Å²) in [7, 11) is 0. The number of carboxylic acid groups (broad SMARTS) is 1. The molecule has 2 unspecified atom stereocenters. The Bertz CT molecular complexity index is 2190. The van der Waals surface area contributed by atoms with Gasteiger partial charge >= 0.3 is 5.97 Å². The van der Waals surface area contributed by atoms with Crippen LogP contribution in [-0.2, 0) is 4.79 Å². The van der Waals surface area contributed by atoms with Crippen molar-refractivity contribution in [3.8, 4) is 0 Å². The molecule has 3 aromatic carbocycles. The van der Waals surface area contributed by atoms with Crippen LogP contribution in [0.1, 0.15) is 65.0 Å². The van der Waals surface area contributed by atoms with Crippen molar-refractivity contribution in [2.75, 3.05) is 23.3 Å². The molecule has 5 heterocycles. The minimum atomic E-state index is -0.773. The SMILES string of the molecule is CC1CC=CN2C(=C1c1ccccc1)c1c(C(=O)Nc3cccnc3N3CCC(C(=O)O)CC3)[nH]c3cc(Cl)cc(c13)C2c1ccc(Cl)cc1. The van der Waals surface area contributed by atoms with E-state index in [1.165, 1.54) is 0 Å². The number of carbonyl (C=O) groups excluding carboxylic acids is 1. The lowest BCUT2D eigenvalue weighted by atomic mass is 9.82. The first kappa shape index (κ1) is 32.2. The zero-order chi connectivity index (χ0) is 34.5. The molecule has 5 aromatic rings. The molecule has 1 fully saturated rings. The fourth-order valence-electron chi connectivity index (χ4n) is 7.82. The van der Waals surface area contributed by atoms with Gasteiger partial charge in [-0.25, -0.2) is 4.98 Å². The highest BCUT2D eigenvalue weighted by Gasteiger charge is 2.40. The molecule has 3 aliphatic rings. The van der Waals surface area contributed by atoms with Crippen molar-refractivity contribution in [3.05, 3.63) is 135 Å². The summed E-state index contributed by atoms with van der Waals surface area (Å²) in [6.45, 7) is 3.31. The number of benzene rings is 3. The predicted octanol–water partition coefficient (Wildman–Crippen LogP) is 9.25. The number of fused-ring (bicyclic) bond motifs is 2. The Balaban J connectivity index is 1.32. The summed E-state index contributed by atoms with van der Waals surface area (Å²) in [6, 6.07) is 25.6. The molecule has 50 heavy (non-hydrogen) atoms. The maximum atomic E-state index is 14.7. The van der Waals surface area contributed by atoms with Crippen molar-refractivity contribution in [1.82, 2.24) is 14.9 Å². The van der Waals surface area contributed by atoms with E-state index in [0.29, 0.717) is 53.2 Å². The van der Waals surface area contributed by atoms with E-state index in [9.17, 15) is 14.7 Å². The van der Waals surface area contributed by atoms with Gasteiger partial charge in [-0.1, -0.05) is 78.7 Å². The summed E-state index contributed by atoms with van der Waals surface area (Å²) in [6.07, 6.45) is 7.90. The maximum Gasteiger partial charge on any atom is 0.306 e. The Morgan fingerprint density at radius 2 is 1.72 bits per heavy atom. The van der Waals surface area contributed by atoms with Crippen molar-refractivity contribution in [3.63, 3.8) is 0 Å². The van der Waals surface area contributed by atoms with Crippen LogP contribution in [0.4, 0.5) is 11.5 Å². The van der Waals surface area contributed by atoms with Gasteiger partial charge in [0.15, 0.2) is 5.82 Å². The molecule has 8 nitrogen and oxygen atoms in total. The van der Waals surface area contributed by atoms with Gasteiger partial charge < -0.3 is 25.2 Å². The number of carbonyl (C=O) groups is 2. The first-order chi connectivity index (χ1) is 24.3. The molecular formula is C40H35Cl2N5O3. The Hall–Kier alpha value is -5.05. The Labute approximate surface area is 300 Å². The minimum absolute atomic E-state index is 0.146. The van der Waals surface area contributed by atoms with Gasteiger partial charge in [-0.2, -0.15) is 0 Å². The van der Waals surface area contributed by atoms with Crippen molar-refractivity contribution in [2.45, 2.75) is 32.2 Å². The molecular weight excluding hydrogens is 669 g/mol. The molecule has 1 amide bonds. The number of aromatic nitrogens is 2. The van der Waals surface area contributed by atoms with Gasteiger partial charge in [0.05, 0.1) is 23.3 Å². The number of rotatable bonds is 6. The Kier molecular flexibility index (Phi) is 8.37. The van der Waals surface area contributed by atoms with Crippen molar-refractivity contribution < 1.29 is 14.7 Å². The number of carboxylic acids is 1. The molecule has 0 radical (unpaired) electrons. The van der Waals surface area contributed by atoms with Gasteiger partial charge in [-0.15, -0.1) is 0 Å². The number of piperidine rings is 1. The molecule has 10 heteroatoms. The topological polar surface area (TPSA) is 102 Å². The number of nitrogens with zero attached hydrogens (tertiary/aromatic N) is 3. The smallest absolute Gasteiger partial charge is 0.306 e. The lowest BCUT2D eigenvalue weighted by Gasteiger charge is -2.39. The number of H-pyrrole nitrogens is 1.